The Morgan fingerprint density at radius 2 is 1.45 bits per heavy atom. The SMILES string of the molecule is C/C(=C\COc1ccc(C)cc1)c1ccc(CN2CCN(C(=O)/C=C/c3cc(C)c(Oc4ccc(OCc5ccc(F)cc5)cn4)c(C)c3)CC2)cc1. The van der Waals surface area contributed by atoms with Crippen molar-refractivity contribution in [1.29, 1.82) is 0 Å². The van der Waals surface area contributed by atoms with E-state index in [-0.39, 0.29) is 11.7 Å². The predicted molar refractivity (Wildman–Crippen MR) is 209 cm³/mol. The highest BCUT2D eigenvalue weighted by Crippen LogP contribution is 2.30. The highest BCUT2D eigenvalue weighted by atomic mass is 19.1. The Kier molecular flexibility index (Phi) is 12.3. The summed E-state index contributed by atoms with van der Waals surface area (Å²) in [4.78, 5) is 21.8. The van der Waals surface area contributed by atoms with E-state index in [0.29, 0.717) is 37.9 Å². The maximum absolute atomic E-state index is 13.1. The highest BCUT2D eigenvalue weighted by molar-refractivity contribution is 5.92. The van der Waals surface area contributed by atoms with Gasteiger partial charge in [-0.25, -0.2) is 9.37 Å². The molecule has 4 aromatic carbocycles. The first-order chi connectivity index (χ1) is 25.7. The molecule has 8 heteroatoms. The number of allylic oxidation sites excluding steroid dienone is 1. The number of hydrogen-bond donors (Lipinski definition) is 0. The Morgan fingerprint density at radius 3 is 2.11 bits per heavy atom. The zero-order chi connectivity index (χ0) is 37.2. The van der Waals surface area contributed by atoms with Gasteiger partial charge in [0.05, 0.1) is 6.20 Å². The number of halogens is 1. The maximum atomic E-state index is 13.1. The smallest absolute Gasteiger partial charge is 0.246 e. The van der Waals surface area contributed by atoms with Crippen LogP contribution in [0.5, 0.6) is 23.1 Å². The van der Waals surface area contributed by atoms with Crippen molar-refractivity contribution in [2.24, 2.45) is 0 Å². The van der Waals surface area contributed by atoms with E-state index in [4.69, 9.17) is 14.2 Å². The van der Waals surface area contributed by atoms with Crippen LogP contribution in [-0.4, -0.2) is 53.5 Å². The Morgan fingerprint density at radius 1 is 0.792 bits per heavy atom. The van der Waals surface area contributed by atoms with Crippen LogP contribution in [0.4, 0.5) is 4.39 Å². The second-order valence-electron chi connectivity index (χ2n) is 13.5. The highest BCUT2D eigenvalue weighted by Gasteiger charge is 2.20. The van der Waals surface area contributed by atoms with Crippen LogP contribution >= 0.6 is 0 Å². The molecule has 0 saturated carbocycles. The average Bonchev–Trinajstić information content (AvgIpc) is 3.17. The molecule has 1 fully saturated rings. The van der Waals surface area contributed by atoms with Crippen molar-refractivity contribution >= 4 is 17.6 Å². The third-order valence-electron chi connectivity index (χ3n) is 9.30. The van der Waals surface area contributed by atoms with Crippen molar-refractivity contribution in [3.8, 4) is 23.1 Å². The van der Waals surface area contributed by atoms with Gasteiger partial charge >= 0.3 is 0 Å². The van der Waals surface area contributed by atoms with E-state index in [1.165, 1.54) is 34.4 Å². The van der Waals surface area contributed by atoms with Crippen molar-refractivity contribution < 1.29 is 23.4 Å². The fraction of sp³-hybridized carbons (Fsp3) is 0.244. The Labute approximate surface area is 312 Å². The van der Waals surface area contributed by atoms with E-state index in [9.17, 15) is 9.18 Å². The van der Waals surface area contributed by atoms with Crippen molar-refractivity contribution in [2.45, 2.75) is 40.8 Å². The lowest BCUT2D eigenvalue weighted by atomic mass is 10.0. The molecule has 1 aliphatic rings. The molecule has 1 saturated heterocycles. The summed E-state index contributed by atoms with van der Waals surface area (Å²) in [5, 5.41) is 0. The van der Waals surface area contributed by atoms with Gasteiger partial charge in [0.25, 0.3) is 0 Å². The molecule has 53 heavy (non-hydrogen) atoms. The van der Waals surface area contributed by atoms with Crippen LogP contribution in [0.3, 0.4) is 0 Å². The zero-order valence-corrected chi connectivity index (χ0v) is 30.8. The number of ether oxygens (including phenoxy) is 3. The second-order valence-corrected chi connectivity index (χ2v) is 13.5. The van der Waals surface area contributed by atoms with Gasteiger partial charge in [0, 0.05) is 44.9 Å². The third kappa shape index (κ3) is 10.7. The van der Waals surface area contributed by atoms with Crippen molar-refractivity contribution in [1.82, 2.24) is 14.8 Å². The van der Waals surface area contributed by atoms with E-state index >= 15 is 0 Å². The number of carbonyl (C=O) groups excluding carboxylic acids is 1. The molecule has 0 aliphatic carbocycles. The molecule has 2 heterocycles. The summed E-state index contributed by atoms with van der Waals surface area (Å²) in [5.41, 5.74) is 8.53. The number of pyridine rings is 1. The molecular formula is C45H46FN3O4. The fourth-order valence-corrected chi connectivity index (χ4v) is 6.15. The first-order valence-corrected chi connectivity index (χ1v) is 18.0. The molecule has 0 radical (unpaired) electrons. The van der Waals surface area contributed by atoms with E-state index < -0.39 is 0 Å². The molecule has 0 unspecified atom stereocenters. The average molecular weight is 712 g/mol. The lowest BCUT2D eigenvalue weighted by molar-refractivity contribution is -0.127. The summed E-state index contributed by atoms with van der Waals surface area (Å²) in [6.45, 7) is 12.9. The quantitative estimate of drug-likeness (QED) is 0.114. The summed E-state index contributed by atoms with van der Waals surface area (Å²) in [5.74, 6) is 2.38. The number of carbonyl (C=O) groups is 1. The number of aromatic nitrogens is 1. The third-order valence-corrected chi connectivity index (χ3v) is 9.30. The molecule has 5 aromatic rings. The summed E-state index contributed by atoms with van der Waals surface area (Å²) < 4.78 is 30.9. The van der Waals surface area contributed by atoms with Gasteiger partial charge in [-0.2, -0.15) is 0 Å². The summed E-state index contributed by atoms with van der Waals surface area (Å²) in [6.07, 6.45) is 7.25. The number of nitrogens with zero attached hydrogens (tertiary/aromatic N) is 3. The second kappa shape index (κ2) is 17.7. The molecule has 0 spiro atoms. The van der Waals surface area contributed by atoms with Gasteiger partial charge in [-0.3, -0.25) is 9.69 Å². The molecule has 1 aliphatic heterocycles. The summed E-state index contributed by atoms with van der Waals surface area (Å²) in [7, 11) is 0. The van der Waals surface area contributed by atoms with Crippen LogP contribution in [0, 0.1) is 26.6 Å². The van der Waals surface area contributed by atoms with E-state index in [2.05, 4.69) is 66.2 Å². The largest absolute Gasteiger partial charge is 0.490 e. The fourth-order valence-electron chi connectivity index (χ4n) is 6.15. The van der Waals surface area contributed by atoms with Crippen LogP contribution in [0.1, 0.15) is 45.9 Å². The maximum Gasteiger partial charge on any atom is 0.246 e. The number of piperazine rings is 1. The molecular weight excluding hydrogens is 666 g/mol. The summed E-state index contributed by atoms with van der Waals surface area (Å²) >= 11 is 0. The van der Waals surface area contributed by atoms with Gasteiger partial charge in [0.15, 0.2) is 0 Å². The lowest BCUT2D eigenvalue weighted by Gasteiger charge is -2.34. The van der Waals surface area contributed by atoms with Crippen molar-refractivity contribution in [3.63, 3.8) is 0 Å². The van der Waals surface area contributed by atoms with Crippen molar-refractivity contribution in [3.05, 3.63) is 160 Å². The Bertz CT molecular complexity index is 2010. The first-order valence-electron chi connectivity index (χ1n) is 18.0. The number of rotatable bonds is 13. The van der Waals surface area contributed by atoms with Gasteiger partial charge in [-0.1, -0.05) is 54.1 Å². The van der Waals surface area contributed by atoms with E-state index in [0.717, 1.165) is 53.4 Å². The molecule has 272 valence electrons. The normalized spacial score (nSPS) is 13.7. The van der Waals surface area contributed by atoms with E-state index in [1.807, 2.05) is 49.1 Å². The summed E-state index contributed by atoms with van der Waals surface area (Å²) in [6, 6.07) is 30.6. The molecule has 6 rings (SSSR count). The number of amides is 1. The van der Waals surface area contributed by atoms with Crippen LogP contribution in [0.25, 0.3) is 11.6 Å². The van der Waals surface area contributed by atoms with Crippen LogP contribution in [0.2, 0.25) is 0 Å². The molecule has 0 N–H and O–H groups in total. The molecule has 7 nitrogen and oxygen atoms in total. The number of hydrogen-bond acceptors (Lipinski definition) is 6. The minimum Gasteiger partial charge on any atom is -0.490 e. The number of aryl methyl sites for hydroxylation is 3. The van der Waals surface area contributed by atoms with Crippen LogP contribution in [0.15, 0.2) is 115 Å². The minimum atomic E-state index is -0.278. The number of benzene rings is 4. The predicted octanol–water partition coefficient (Wildman–Crippen LogP) is 9.36. The van der Waals surface area contributed by atoms with Gasteiger partial charge in [-0.15, -0.1) is 0 Å². The van der Waals surface area contributed by atoms with Gasteiger partial charge in [0.1, 0.15) is 36.3 Å². The van der Waals surface area contributed by atoms with Crippen molar-refractivity contribution in [2.75, 3.05) is 32.8 Å². The standard InChI is InChI=1S/C45H46FN3O4/c1-32-5-16-41(17-6-32)51-26-21-33(2)39-12-7-36(8-13-39)30-48-22-24-49(25-23-48)44(50)20-11-38-27-34(3)45(35(4)28-38)53-43-19-18-42(29-47-43)52-31-37-9-14-40(46)15-10-37/h5-21,27-29H,22-26,30-31H2,1-4H3/b20-11+,33-21+. The zero-order valence-electron chi connectivity index (χ0n) is 30.8. The van der Waals surface area contributed by atoms with Crippen LogP contribution in [-0.2, 0) is 17.9 Å². The van der Waals surface area contributed by atoms with Gasteiger partial charge in [0.2, 0.25) is 11.8 Å². The minimum absolute atomic E-state index is 0.0178. The molecule has 0 atom stereocenters. The Hall–Kier alpha value is -5.73. The van der Waals surface area contributed by atoms with E-state index in [1.54, 1.807) is 36.5 Å². The topological polar surface area (TPSA) is 64.1 Å². The molecule has 0 bridgehead atoms. The van der Waals surface area contributed by atoms with Crippen LogP contribution < -0.4 is 14.2 Å². The monoisotopic (exact) mass is 711 g/mol. The van der Waals surface area contributed by atoms with Gasteiger partial charge < -0.3 is 19.1 Å². The lowest BCUT2D eigenvalue weighted by Crippen LogP contribution is -2.47. The molecule has 1 aromatic heterocycles. The Balaban J connectivity index is 0.940. The van der Waals surface area contributed by atoms with Gasteiger partial charge in [-0.05, 0) is 121 Å². The first kappa shape index (κ1) is 37.0. The molecule has 1 amide bonds.